The maximum absolute atomic E-state index is 13.2. The Morgan fingerprint density at radius 2 is 1.94 bits per heavy atom. The number of aryl methyl sites for hydroxylation is 1. The van der Waals surface area contributed by atoms with E-state index in [2.05, 4.69) is 6.07 Å². The molecule has 0 spiro atoms. The van der Waals surface area contributed by atoms with Crippen molar-refractivity contribution >= 4 is 23.0 Å². The fourth-order valence-corrected chi connectivity index (χ4v) is 2.19. The van der Waals surface area contributed by atoms with Crippen molar-refractivity contribution in [3.8, 4) is 0 Å². The summed E-state index contributed by atoms with van der Waals surface area (Å²) in [6.07, 6.45) is 0. The molecule has 0 atom stereocenters. The van der Waals surface area contributed by atoms with E-state index in [1.807, 2.05) is 37.1 Å². The highest BCUT2D eigenvalue weighted by Gasteiger charge is 2.09. The second kappa shape index (κ2) is 5.40. The molecule has 0 N–H and O–H groups in total. The molecule has 0 heterocycles. The third kappa shape index (κ3) is 2.65. The van der Waals surface area contributed by atoms with Gasteiger partial charge >= 0.3 is 0 Å². The van der Waals surface area contributed by atoms with Crippen LogP contribution < -0.4 is 4.90 Å². The molecule has 0 unspecified atom stereocenters. The summed E-state index contributed by atoms with van der Waals surface area (Å²) in [4.78, 5) is 1.94. The number of nitrogens with zero attached hydrogens (tertiary/aromatic N) is 1. The van der Waals surface area contributed by atoms with Crippen LogP contribution in [-0.4, -0.2) is 7.05 Å². The van der Waals surface area contributed by atoms with Crippen LogP contribution in [0.15, 0.2) is 42.5 Å². The molecule has 0 saturated carbocycles. The molecule has 18 heavy (non-hydrogen) atoms. The van der Waals surface area contributed by atoms with Crippen LogP contribution in [0.5, 0.6) is 0 Å². The van der Waals surface area contributed by atoms with Crippen molar-refractivity contribution in [1.29, 1.82) is 0 Å². The average Bonchev–Trinajstić information content (AvgIpc) is 2.37. The summed E-state index contributed by atoms with van der Waals surface area (Å²) >= 11 is 5.97. The zero-order chi connectivity index (χ0) is 13.1. The fourth-order valence-electron chi connectivity index (χ4n) is 1.97. The molecule has 0 bridgehead atoms. The maximum Gasteiger partial charge on any atom is 0.125 e. The predicted octanol–water partition coefficient (Wildman–Crippen LogP) is 4.64. The van der Waals surface area contributed by atoms with Crippen molar-refractivity contribution in [3.63, 3.8) is 0 Å². The van der Waals surface area contributed by atoms with E-state index >= 15 is 0 Å². The molecule has 94 valence electrons. The predicted molar refractivity (Wildman–Crippen MR) is 75.2 cm³/mol. The standard InChI is InChI=1S/C15H15ClFN/c1-11-6-7-15(12(8-11)10-16)18(2)14-5-3-4-13(17)9-14/h3-9H,10H2,1-2H3. The van der Waals surface area contributed by atoms with Crippen LogP contribution in [0.1, 0.15) is 11.1 Å². The third-order valence-electron chi connectivity index (χ3n) is 2.94. The van der Waals surface area contributed by atoms with Gasteiger partial charge in [-0.2, -0.15) is 0 Å². The van der Waals surface area contributed by atoms with Gasteiger partial charge in [0.1, 0.15) is 5.82 Å². The average molecular weight is 264 g/mol. The van der Waals surface area contributed by atoms with Crippen molar-refractivity contribution in [2.24, 2.45) is 0 Å². The molecule has 0 radical (unpaired) electrons. The van der Waals surface area contributed by atoms with Crippen molar-refractivity contribution < 1.29 is 4.39 Å². The van der Waals surface area contributed by atoms with Crippen LogP contribution in [0.3, 0.4) is 0 Å². The molecule has 0 fully saturated rings. The van der Waals surface area contributed by atoms with Crippen LogP contribution in [0, 0.1) is 12.7 Å². The lowest BCUT2D eigenvalue weighted by atomic mass is 10.1. The lowest BCUT2D eigenvalue weighted by Gasteiger charge is -2.22. The van der Waals surface area contributed by atoms with E-state index in [1.165, 1.54) is 17.7 Å². The van der Waals surface area contributed by atoms with Gasteiger partial charge in [0.2, 0.25) is 0 Å². The molecule has 0 aliphatic heterocycles. The van der Waals surface area contributed by atoms with Gasteiger partial charge in [-0.05, 0) is 36.8 Å². The molecule has 2 aromatic carbocycles. The first-order valence-electron chi connectivity index (χ1n) is 5.76. The Morgan fingerprint density at radius 1 is 1.17 bits per heavy atom. The number of anilines is 2. The van der Waals surface area contributed by atoms with Crippen LogP contribution in [0.2, 0.25) is 0 Å². The largest absolute Gasteiger partial charge is 0.344 e. The molecule has 0 aliphatic rings. The summed E-state index contributed by atoms with van der Waals surface area (Å²) in [5, 5.41) is 0. The van der Waals surface area contributed by atoms with Gasteiger partial charge in [-0.3, -0.25) is 0 Å². The third-order valence-corrected chi connectivity index (χ3v) is 3.22. The van der Waals surface area contributed by atoms with E-state index in [4.69, 9.17) is 11.6 Å². The molecule has 0 amide bonds. The minimum absolute atomic E-state index is 0.237. The first kappa shape index (κ1) is 12.9. The van der Waals surface area contributed by atoms with Gasteiger partial charge in [0.25, 0.3) is 0 Å². The normalized spacial score (nSPS) is 10.4. The highest BCUT2D eigenvalue weighted by atomic mass is 35.5. The highest BCUT2D eigenvalue weighted by molar-refractivity contribution is 6.17. The minimum Gasteiger partial charge on any atom is -0.344 e. The molecule has 1 nitrogen and oxygen atoms in total. The molecule has 0 aliphatic carbocycles. The van der Waals surface area contributed by atoms with Crippen molar-refractivity contribution in [2.45, 2.75) is 12.8 Å². The first-order valence-corrected chi connectivity index (χ1v) is 6.30. The van der Waals surface area contributed by atoms with Gasteiger partial charge in [0.05, 0.1) is 0 Å². The molecule has 2 rings (SSSR count). The van der Waals surface area contributed by atoms with Gasteiger partial charge in [-0.1, -0.05) is 23.8 Å². The van der Waals surface area contributed by atoms with E-state index in [9.17, 15) is 4.39 Å². The lowest BCUT2D eigenvalue weighted by Crippen LogP contribution is -2.11. The number of hydrogen-bond donors (Lipinski definition) is 0. The summed E-state index contributed by atoms with van der Waals surface area (Å²) in [6.45, 7) is 2.03. The Hall–Kier alpha value is -1.54. The molecule has 0 saturated heterocycles. The van der Waals surface area contributed by atoms with Gasteiger partial charge < -0.3 is 4.90 Å². The maximum atomic E-state index is 13.2. The van der Waals surface area contributed by atoms with Crippen LogP contribution in [0.25, 0.3) is 0 Å². The SMILES string of the molecule is Cc1ccc(N(C)c2cccc(F)c2)c(CCl)c1. The highest BCUT2D eigenvalue weighted by Crippen LogP contribution is 2.29. The van der Waals surface area contributed by atoms with Crippen molar-refractivity contribution in [3.05, 3.63) is 59.4 Å². The molecule has 2 aromatic rings. The van der Waals surface area contributed by atoms with E-state index in [0.29, 0.717) is 5.88 Å². The van der Waals surface area contributed by atoms with E-state index in [1.54, 1.807) is 6.07 Å². The van der Waals surface area contributed by atoms with E-state index < -0.39 is 0 Å². The summed E-state index contributed by atoms with van der Waals surface area (Å²) in [6, 6.07) is 12.6. The smallest absolute Gasteiger partial charge is 0.125 e. The van der Waals surface area contributed by atoms with Gasteiger partial charge in [-0.25, -0.2) is 4.39 Å². The Balaban J connectivity index is 2.42. The first-order chi connectivity index (χ1) is 8.61. The quantitative estimate of drug-likeness (QED) is 0.729. The van der Waals surface area contributed by atoms with Crippen LogP contribution >= 0.6 is 11.6 Å². The summed E-state index contributed by atoms with van der Waals surface area (Å²) in [7, 11) is 1.91. The molecule has 3 heteroatoms. The minimum atomic E-state index is -0.237. The van der Waals surface area contributed by atoms with Crippen LogP contribution in [-0.2, 0) is 5.88 Å². The van der Waals surface area contributed by atoms with Crippen molar-refractivity contribution in [1.82, 2.24) is 0 Å². The number of halogens is 2. The summed E-state index contributed by atoms with van der Waals surface area (Å²) < 4.78 is 13.2. The second-order valence-electron chi connectivity index (χ2n) is 4.30. The summed E-state index contributed by atoms with van der Waals surface area (Å²) in [5.41, 5.74) is 4.02. The molecular formula is C15H15ClFN. The summed E-state index contributed by atoms with van der Waals surface area (Å²) in [5.74, 6) is 0.204. The number of benzene rings is 2. The zero-order valence-corrected chi connectivity index (χ0v) is 11.2. The number of alkyl halides is 1. The Kier molecular flexibility index (Phi) is 3.87. The molecular weight excluding hydrogens is 249 g/mol. The topological polar surface area (TPSA) is 3.24 Å². The Morgan fingerprint density at radius 3 is 2.61 bits per heavy atom. The van der Waals surface area contributed by atoms with E-state index in [0.717, 1.165) is 16.9 Å². The fraction of sp³-hybridized carbons (Fsp3) is 0.200. The Labute approximate surface area is 112 Å². The monoisotopic (exact) mass is 263 g/mol. The lowest BCUT2D eigenvalue weighted by molar-refractivity contribution is 0.628. The zero-order valence-electron chi connectivity index (χ0n) is 10.5. The van der Waals surface area contributed by atoms with Crippen LogP contribution in [0.4, 0.5) is 15.8 Å². The second-order valence-corrected chi connectivity index (χ2v) is 4.57. The van der Waals surface area contributed by atoms with Crippen molar-refractivity contribution in [2.75, 3.05) is 11.9 Å². The van der Waals surface area contributed by atoms with Gasteiger partial charge in [0, 0.05) is 24.3 Å². The van der Waals surface area contributed by atoms with E-state index in [-0.39, 0.29) is 5.82 Å². The van der Waals surface area contributed by atoms with Gasteiger partial charge in [0.15, 0.2) is 0 Å². The Bertz CT molecular complexity index is 554. The number of rotatable bonds is 3. The molecule has 0 aromatic heterocycles. The van der Waals surface area contributed by atoms with Gasteiger partial charge in [-0.15, -0.1) is 11.6 Å². The number of hydrogen-bond acceptors (Lipinski definition) is 1.